The lowest BCUT2D eigenvalue weighted by Gasteiger charge is -2.27. The quantitative estimate of drug-likeness (QED) is 0.867. The van der Waals surface area contributed by atoms with E-state index in [2.05, 4.69) is 16.8 Å². The van der Waals surface area contributed by atoms with Gasteiger partial charge in [-0.15, -0.1) is 11.3 Å². The summed E-state index contributed by atoms with van der Waals surface area (Å²) in [5.41, 5.74) is 1.27. The predicted molar refractivity (Wildman–Crippen MR) is 88.8 cm³/mol. The summed E-state index contributed by atoms with van der Waals surface area (Å²) in [6.07, 6.45) is 0.946. The summed E-state index contributed by atoms with van der Waals surface area (Å²) >= 11 is 7.58. The van der Waals surface area contributed by atoms with Crippen molar-refractivity contribution in [3.8, 4) is 5.75 Å². The Bertz CT molecular complexity index is 642. The Hall–Kier alpha value is -1.72. The van der Waals surface area contributed by atoms with E-state index in [0.29, 0.717) is 24.7 Å². The normalized spacial score (nSPS) is 13.6. The molecular weight excluding hydrogens is 320 g/mol. The van der Waals surface area contributed by atoms with Crippen LogP contribution in [0.25, 0.3) is 0 Å². The van der Waals surface area contributed by atoms with Crippen molar-refractivity contribution in [2.24, 2.45) is 0 Å². The molecule has 0 unspecified atom stereocenters. The average Bonchev–Trinajstić information content (AvgIpc) is 3.00. The molecule has 1 aromatic carbocycles. The van der Waals surface area contributed by atoms with Crippen molar-refractivity contribution < 1.29 is 9.53 Å². The van der Waals surface area contributed by atoms with Gasteiger partial charge in [0.1, 0.15) is 12.4 Å². The first-order valence-electron chi connectivity index (χ1n) is 7.19. The molecule has 4 nitrogen and oxygen atoms in total. The smallest absolute Gasteiger partial charge is 0.317 e. The van der Waals surface area contributed by atoms with Crippen LogP contribution in [0.1, 0.15) is 10.4 Å². The van der Waals surface area contributed by atoms with Gasteiger partial charge in [0.25, 0.3) is 0 Å². The molecule has 0 fully saturated rings. The maximum atomic E-state index is 12.1. The highest BCUT2D eigenvalue weighted by atomic mass is 35.5. The third kappa shape index (κ3) is 3.72. The molecule has 0 radical (unpaired) electrons. The number of fused-ring (bicyclic) bond motifs is 1. The molecule has 1 aliphatic heterocycles. The Morgan fingerprint density at radius 2 is 2.14 bits per heavy atom. The number of nitrogens with one attached hydrogen (secondary N) is 1. The van der Waals surface area contributed by atoms with Gasteiger partial charge in [-0.25, -0.2) is 4.79 Å². The number of amides is 2. The number of hydrogen-bond acceptors (Lipinski definition) is 3. The fraction of sp³-hybridized carbons (Fsp3) is 0.312. The Balaban J connectivity index is 1.40. The average molecular weight is 337 g/mol. The van der Waals surface area contributed by atoms with E-state index in [0.717, 1.165) is 18.7 Å². The van der Waals surface area contributed by atoms with Gasteiger partial charge < -0.3 is 15.0 Å². The molecule has 1 N–H and O–H groups in total. The van der Waals surface area contributed by atoms with Gasteiger partial charge in [-0.05, 0) is 47.7 Å². The van der Waals surface area contributed by atoms with E-state index >= 15 is 0 Å². The second-order valence-corrected chi connectivity index (χ2v) is 6.51. The number of ether oxygens (including phenoxy) is 1. The lowest BCUT2D eigenvalue weighted by Crippen LogP contribution is -2.43. The predicted octanol–water partition coefficient (Wildman–Crippen LogP) is 3.55. The molecule has 2 heterocycles. The standard InChI is InChI=1S/C16H17ClN2O2S/c17-13-1-3-14(4-2-13)21-9-7-18-16(20)19-8-5-15-12(11-19)6-10-22-15/h1-4,6,10H,5,7-9,11H2,(H,18,20). The molecule has 0 aliphatic carbocycles. The van der Waals surface area contributed by atoms with Crippen molar-refractivity contribution in [2.75, 3.05) is 19.7 Å². The molecule has 0 saturated carbocycles. The zero-order valence-electron chi connectivity index (χ0n) is 12.0. The van der Waals surface area contributed by atoms with Crippen LogP contribution < -0.4 is 10.1 Å². The van der Waals surface area contributed by atoms with E-state index in [9.17, 15) is 4.79 Å². The molecule has 2 amide bonds. The van der Waals surface area contributed by atoms with Crippen molar-refractivity contribution >= 4 is 29.0 Å². The van der Waals surface area contributed by atoms with E-state index in [-0.39, 0.29) is 6.03 Å². The molecule has 2 aromatic rings. The summed E-state index contributed by atoms with van der Waals surface area (Å²) in [4.78, 5) is 15.4. The number of rotatable bonds is 4. The van der Waals surface area contributed by atoms with Gasteiger partial charge in [0.2, 0.25) is 0 Å². The molecule has 0 spiro atoms. The second kappa shape index (κ2) is 7.03. The number of hydrogen-bond donors (Lipinski definition) is 1. The van der Waals surface area contributed by atoms with Crippen LogP contribution in [0.5, 0.6) is 5.75 Å². The minimum atomic E-state index is -0.0310. The Labute approximate surface area is 138 Å². The SMILES string of the molecule is O=C(NCCOc1ccc(Cl)cc1)N1CCc2sccc2C1. The Kier molecular flexibility index (Phi) is 4.85. The number of urea groups is 1. The monoisotopic (exact) mass is 336 g/mol. The maximum Gasteiger partial charge on any atom is 0.317 e. The lowest BCUT2D eigenvalue weighted by molar-refractivity contribution is 0.190. The van der Waals surface area contributed by atoms with Crippen LogP contribution in [0.4, 0.5) is 4.79 Å². The van der Waals surface area contributed by atoms with E-state index in [4.69, 9.17) is 16.3 Å². The highest BCUT2D eigenvalue weighted by Gasteiger charge is 2.20. The van der Waals surface area contributed by atoms with Gasteiger partial charge in [0, 0.05) is 23.0 Å². The largest absolute Gasteiger partial charge is 0.492 e. The van der Waals surface area contributed by atoms with E-state index in [1.807, 2.05) is 17.0 Å². The van der Waals surface area contributed by atoms with Crippen molar-refractivity contribution in [3.05, 3.63) is 51.2 Å². The third-order valence-electron chi connectivity index (χ3n) is 3.56. The van der Waals surface area contributed by atoms with E-state index in [1.165, 1.54) is 10.4 Å². The van der Waals surface area contributed by atoms with Crippen LogP contribution in [0, 0.1) is 0 Å². The zero-order chi connectivity index (χ0) is 15.4. The van der Waals surface area contributed by atoms with Crippen LogP contribution >= 0.6 is 22.9 Å². The number of thiophene rings is 1. The molecule has 116 valence electrons. The van der Waals surface area contributed by atoms with Crippen molar-refractivity contribution in [1.82, 2.24) is 10.2 Å². The Morgan fingerprint density at radius 3 is 2.95 bits per heavy atom. The van der Waals surface area contributed by atoms with Crippen LogP contribution in [0.15, 0.2) is 35.7 Å². The van der Waals surface area contributed by atoms with E-state index in [1.54, 1.807) is 23.5 Å². The molecule has 1 aliphatic rings. The lowest BCUT2D eigenvalue weighted by atomic mass is 10.1. The number of carbonyl (C=O) groups is 1. The molecule has 1 aromatic heterocycles. The fourth-order valence-electron chi connectivity index (χ4n) is 2.39. The molecule has 3 rings (SSSR count). The molecule has 0 bridgehead atoms. The Morgan fingerprint density at radius 1 is 1.32 bits per heavy atom. The summed E-state index contributed by atoms with van der Waals surface area (Å²) in [6.45, 7) is 2.39. The molecular formula is C16H17ClN2O2S. The minimum Gasteiger partial charge on any atom is -0.492 e. The maximum absolute atomic E-state index is 12.1. The van der Waals surface area contributed by atoms with E-state index < -0.39 is 0 Å². The van der Waals surface area contributed by atoms with Crippen molar-refractivity contribution in [1.29, 1.82) is 0 Å². The first-order valence-corrected chi connectivity index (χ1v) is 8.44. The highest BCUT2D eigenvalue weighted by molar-refractivity contribution is 7.10. The van der Waals surface area contributed by atoms with Crippen LogP contribution in [-0.2, 0) is 13.0 Å². The minimum absolute atomic E-state index is 0.0310. The summed E-state index contributed by atoms with van der Waals surface area (Å²) < 4.78 is 5.55. The van der Waals surface area contributed by atoms with Crippen LogP contribution in [0.3, 0.4) is 0 Å². The highest BCUT2D eigenvalue weighted by Crippen LogP contribution is 2.23. The van der Waals surface area contributed by atoms with Gasteiger partial charge in [-0.1, -0.05) is 11.6 Å². The molecule has 22 heavy (non-hydrogen) atoms. The summed E-state index contributed by atoms with van der Waals surface area (Å²) in [5.74, 6) is 0.750. The number of nitrogens with zero attached hydrogens (tertiary/aromatic N) is 1. The molecule has 6 heteroatoms. The molecule has 0 saturated heterocycles. The van der Waals surface area contributed by atoms with Gasteiger partial charge in [-0.3, -0.25) is 0 Å². The van der Waals surface area contributed by atoms with Crippen LogP contribution in [-0.4, -0.2) is 30.6 Å². The summed E-state index contributed by atoms with van der Waals surface area (Å²) in [6, 6.07) is 9.25. The van der Waals surface area contributed by atoms with Gasteiger partial charge in [0.15, 0.2) is 0 Å². The van der Waals surface area contributed by atoms with Gasteiger partial charge >= 0.3 is 6.03 Å². The number of carbonyl (C=O) groups excluding carboxylic acids is 1. The topological polar surface area (TPSA) is 41.6 Å². The first kappa shape index (κ1) is 15.2. The zero-order valence-corrected chi connectivity index (χ0v) is 13.6. The molecule has 0 atom stereocenters. The second-order valence-electron chi connectivity index (χ2n) is 5.07. The van der Waals surface area contributed by atoms with Crippen LogP contribution in [0.2, 0.25) is 5.02 Å². The number of halogens is 1. The fourth-order valence-corrected chi connectivity index (χ4v) is 3.41. The third-order valence-corrected chi connectivity index (χ3v) is 4.83. The van der Waals surface area contributed by atoms with Gasteiger partial charge in [-0.2, -0.15) is 0 Å². The van der Waals surface area contributed by atoms with Crippen molar-refractivity contribution in [2.45, 2.75) is 13.0 Å². The first-order chi connectivity index (χ1) is 10.7. The number of benzene rings is 1. The summed E-state index contributed by atoms with van der Waals surface area (Å²) in [5, 5.41) is 5.66. The van der Waals surface area contributed by atoms with Crippen molar-refractivity contribution in [3.63, 3.8) is 0 Å². The summed E-state index contributed by atoms with van der Waals surface area (Å²) in [7, 11) is 0. The van der Waals surface area contributed by atoms with Gasteiger partial charge in [0.05, 0.1) is 6.54 Å².